The number of aromatic nitrogens is 3. The molecule has 0 saturated heterocycles. The standard InChI is InChI=1S/C12H16N4S/c1-3-13-11(12-9(2)15-16-17-12)8-10-6-4-5-7-14-10/h4-7,11,13H,3,8H2,1-2H3. The topological polar surface area (TPSA) is 50.7 Å². The number of nitrogens with one attached hydrogen (secondary N) is 1. The predicted molar refractivity (Wildman–Crippen MR) is 69.0 cm³/mol. The van der Waals surface area contributed by atoms with Crippen LogP contribution in [0.4, 0.5) is 0 Å². The van der Waals surface area contributed by atoms with E-state index in [9.17, 15) is 0 Å². The fourth-order valence-electron chi connectivity index (χ4n) is 1.79. The molecule has 4 nitrogen and oxygen atoms in total. The van der Waals surface area contributed by atoms with Gasteiger partial charge < -0.3 is 5.32 Å². The number of hydrogen-bond acceptors (Lipinski definition) is 5. The summed E-state index contributed by atoms with van der Waals surface area (Å²) >= 11 is 1.47. The van der Waals surface area contributed by atoms with Gasteiger partial charge >= 0.3 is 0 Å². The Kier molecular flexibility index (Phi) is 4.17. The summed E-state index contributed by atoms with van der Waals surface area (Å²) in [5.41, 5.74) is 2.10. The first-order valence-electron chi connectivity index (χ1n) is 5.73. The number of likely N-dealkylation sites (N-methyl/N-ethyl adjacent to an activating group) is 1. The first-order valence-corrected chi connectivity index (χ1v) is 6.50. The van der Waals surface area contributed by atoms with Crippen LogP contribution >= 0.6 is 11.5 Å². The van der Waals surface area contributed by atoms with Crippen LogP contribution in [0.5, 0.6) is 0 Å². The highest BCUT2D eigenvalue weighted by Gasteiger charge is 2.17. The minimum absolute atomic E-state index is 0.259. The van der Waals surface area contributed by atoms with Gasteiger partial charge in [-0.1, -0.05) is 17.5 Å². The summed E-state index contributed by atoms with van der Waals surface area (Å²) in [5, 5.41) is 7.53. The average molecular weight is 248 g/mol. The van der Waals surface area contributed by atoms with Crippen LogP contribution in [0.2, 0.25) is 0 Å². The molecule has 1 unspecified atom stereocenters. The van der Waals surface area contributed by atoms with E-state index in [2.05, 4.69) is 26.8 Å². The largest absolute Gasteiger partial charge is 0.309 e. The van der Waals surface area contributed by atoms with Gasteiger partial charge in [0.15, 0.2) is 0 Å². The predicted octanol–water partition coefficient (Wildman–Crippen LogP) is 2.13. The molecule has 0 bridgehead atoms. The van der Waals surface area contributed by atoms with E-state index in [0.29, 0.717) is 0 Å². The molecule has 0 aliphatic rings. The van der Waals surface area contributed by atoms with Crippen molar-refractivity contribution in [3.05, 3.63) is 40.7 Å². The molecule has 0 aliphatic carbocycles. The molecular formula is C12H16N4S. The lowest BCUT2D eigenvalue weighted by Crippen LogP contribution is -2.23. The van der Waals surface area contributed by atoms with Gasteiger partial charge in [-0.2, -0.15) is 0 Å². The second-order valence-electron chi connectivity index (χ2n) is 3.86. The third kappa shape index (κ3) is 3.08. The maximum absolute atomic E-state index is 4.36. The van der Waals surface area contributed by atoms with Crippen molar-refractivity contribution in [3.63, 3.8) is 0 Å². The van der Waals surface area contributed by atoms with Crippen molar-refractivity contribution in [1.82, 2.24) is 19.9 Å². The van der Waals surface area contributed by atoms with Crippen LogP contribution in [0.1, 0.15) is 29.2 Å². The Morgan fingerprint density at radius 1 is 1.41 bits per heavy atom. The molecule has 2 aromatic rings. The highest BCUT2D eigenvalue weighted by molar-refractivity contribution is 7.05. The summed E-state index contributed by atoms with van der Waals surface area (Å²) in [6.07, 6.45) is 2.70. The van der Waals surface area contributed by atoms with Gasteiger partial charge in [0.25, 0.3) is 0 Å². The summed E-state index contributed by atoms with van der Waals surface area (Å²) in [5.74, 6) is 0. The first kappa shape index (κ1) is 12.1. The molecule has 0 amide bonds. The van der Waals surface area contributed by atoms with Crippen LogP contribution < -0.4 is 5.32 Å². The van der Waals surface area contributed by atoms with Crippen molar-refractivity contribution in [3.8, 4) is 0 Å². The van der Waals surface area contributed by atoms with Crippen LogP contribution in [0, 0.1) is 6.92 Å². The van der Waals surface area contributed by atoms with Crippen LogP contribution in [-0.4, -0.2) is 21.1 Å². The van der Waals surface area contributed by atoms with E-state index in [0.717, 1.165) is 24.4 Å². The molecule has 5 heteroatoms. The lowest BCUT2D eigenvalue weighted by molar-refractivity contribution is 0.549. The van der Waals surface area contributed by atoms with Gasteiger partial charge in [0.2, 0.25) is 0 Å². The zero-order chi connectivity index (χ0) is 12.1. The minimum Gasteiger partial charge on any atom is -0.309 e. The zero-order valence-corrected chi connectivity index (χ0v) is 10.9. The molecule has 0 radical (unpaired) electrons. The molecule has 0 aliphatic heterocycles. The van der Waals surface area contributed by atoms with E-state index in [1.54, 1.807) is 0 Å². The zero-order valence-electron chi connectivity index (χ0n) is 10.1. The van der Waals surface area contributed by atoms with Crippen molar-refractivity contribution < 1.29 is 0 Å². The monoisotopic (exact) mass is 248 g/mol. The molecule has 1 atom stereocenters. The normalized spacial score (nSPS) is 12.6. The van der Waals surface area contributed by atoms with Gasteiger partial charge in [0.1, 0.15) is 0 Å². The van der Waals surface area contributed by atoms with Crippen LogP contribution in [0.15, 0.2) is 24.4 Å². The second kappa shape index (κ2) is 5.84. The molecule has 90 valence electrons. The SMILES string of the molecule is CCNC(Cc1ccccn1)c1snnc1C. The number of rotatable bonds is 5. The molecule has 0 saturated carbocycles. The highest BCUT2D eigenvalue weighted by Crippen LogP contribution is 2.22. The number of aryl methyl sites for hydroxylation is 1. The smallest absolute Gasteiger partial charge is 0.0772 e. The highest BCUT2D eigenvalue weighted by atomic mass is 32.1. The molecule has 2 rings (SSSR count). The maximum Gasteiger partial charge on any atom is 0.0772 e. The third-order valence-electron chi connectivity index (χ3n) is 2.59. The molecule has 2 aromatic heterocycles. The van der Waals surface area contributed by atoms with E-state index in [1.807, 2.05) is 31.3 Å². The molecule has 0 fully saturated rings. The Bertz CT molecular complexity index is 455. The minimum atomic E-state index is 0.259. The fourth-order valence-corrected chi connectivity index (χ4v) is 2.51. The number of hydrogen-bond donors (Lipinski definition) is 1. The number of pyridine rings is 1. The summed E-state index contributed by atoms with van der Waals surface area (Å²) in [4.78, 5) is 5.57. The summed E-state index contributed by atoms with van der Waals surface area (Å²) in [6, 6.07) is 6.26. The number of nitrogens with zero attached hydrogens (tertiary/aromatic N) is 3. The Labute approximate surface area is 105 Å². The van der Waals surface area contributed by atoms with Crippen LogP contribution in [0.25, 0.3) is 0 Å². The maximum atomic E-state index is 4.36. The van der Waals surface area contributed by atoms with Crippen LogP contribution in [0.3, 0.4) is 0 Å². The Hall–Kier alpha value is -1.33. The molecular weight excluding hydrogens is 232 g/mol. The van der Waals surface area contributed by atoms with E-state index in [1.165, 1.54) is 16.4 Å². The second-order valence-corrected chi connectivity index (χ2v) is 4.64. The van der Waals surface area contributed by atoms with Crippen molar-refractivity contribution in [1.29, 1.82) is 0 Å². The lowest BCUT2D eigenvalue weighted by Gasteiger charge is -2.15. The molecule has 0 aromatic carbocycles. The summed E-state index contributed by atoms with van der Waals surface area (Å²) in [6.45, 7) is 5.03. The van der Waals surface area contributed by atoms with E-state index in [4.69, 9.17) is 0 Å². The Morgan fingerprint density at radius 2 is 2.29 bits per heavy atom. The van der Waals surface area contributed by atoms with Crippen LogP contribution in [-0.2, 0) is 6.42 Å². The van der Waals surface area contributed by atoms with Gasteiger partial charge in [-0.25, -0.2) is 0 Å². The van der Waals surface area contributed by atoms with Gasteiger partial charge in [0.05, 0.1) is 16.6 Å². The molecule has 1 N–H and O–H groups in total. The molecule has 0 spiro atoms. The summed E-state index contributed by atoms with van der Waals surface area (Å²) < 4.78 is 4.00. The van der Waals surface area contributed by atoms with Gasteiger partial charge in [-0.3, -0.25) is 4.98 Å². The Balaban J connectivity index is 2.16. The van der Waals surface area contributed by atoms with Gasteiger partial charge in [-0.15, -0.1) is 5.10 Å². The van der Waals surface area contributed by atoms with E-state index in [-0.39, 0.29) is 6.04 Å². The van der Waals surface area contributed by atoms with Gasteiger partial charge in [-0.05, 0) is 37.1 Å². The van der Waals surface area contributed by atoms with E-state index < -0.39 is 0 Å². The van der Waals surface area contributed by atoms with Gasteiger partial charge in [0, 0.05) is 18.3 Å². The molecule has 2 heterocycles. The Morgan fingerprint density at radius 3 is 2.88 bits per heavy atom. The van der Waals surface area contributed by atoms with Crippen molar-refractivity contribution in [2.24, 2.45) is 0 Å². The van der Waals surface area contributed by atoms with E-state index >= 15 is 0 Å². The fraction of sp³-hybridized carbons (Fsp3) is 0.417. The lowest BCUT2D eigenvalue weighted by atomic mass is 10.1. The van der Waals surface area contributed by atoms with Crippen molar-refractivity contribution >= 4 is 11.5 Å². The third-order valence-corrected chi connectivity index (χ3v) is 3.53. The first-order chi connectivity index (χ1) is 8.31. The quantitative estimate of drug-likeness (QED) is 0.880. The average Bonchev–Trinajstić information content (AvgIpc) is 2.76. The van der Waals surface area contributed by atoms with Crippen molar-refractivity contribution in [2.45, 2.75) is 26.3 Å². The van der Waals surface area contributed by atoms with Crippen molar-refractivity contribution in [2.75, 3.05) is 6.54 Å². The summed E-state index contributed by atoms with van der Waals surface area (Å²) in [7, 11) is 0. The molecule has 17 heavy (non-hydrogen) atoms.